The lowest BCUT2D eigenvalue weighted by Gasteiger charge is -2.11. The van der Waals surface area contributed by atoms with Crippen LogP contribution in [0.15, 0.2) is 42.5 Å². The van der Waals surface area contributed by atoms with E-state index in [-0.39, 0.29) is 5.69 Å². The van der Waals surface area contributed by atoms with E-state index in [1.165, 1.54) is 38.5 Å². The molecule has 4 nitrogen and oxygen atoms in total. The van der Waals surface area contributed by atoms with Crippen LogP contribution in [0, 0.1) is 6.92 Å². The average Bonchev–Trinajstić information content (AvgIpc) is 3.15. The molecule has 2 aromatic carbocycles. The summed E-state index contributed by atoms with van der Waals surface area (Å²) < 4.78 is 7.24. The zero-order chi connectivity index (χ0) is 24.5. The number of rotatable bonds is 12. The van der Waals surface area contributed by atoms with Gasteiger partial charge >= 0.3 is 5.97 Å². The van der Waals surface area contributed by atoms with Crippen LogP contribution in [-0.2, 0) is 4.74 Å². The van der Waals surface area contributed by atoms with E-state index in [0.717, 1.165) is 24.1 Å². The van der Waals surface area contributed by atoms with E-state index in [0.29, 0.717) is 32.9 Å². The van der Waals surface area contributed by atoms with E-state index in [2.05, 4.69) is 12.0 Å². The highest BCUT2D eigenvalue weighted by Gasteiger charge is 2.24. The Morgan fingerprint density at radius 3 is 2.15 bits per heavy atom. The second-order valence-electron chi connectivity index (χ2n) is 8.45. The Morgan fingerprint density at radius 2 is 1.50 bits per heavy atom. The minimum atomic E-state index is -0.431. The standard InChI is InChI=1S/C27H31Cl3N2O2/c1-3-4-5-6-7-8-9-10-17-34-27(33)25-19(2)26(20-11-13-21(28)14-12-20)32(31-25)24-16-15-22(29)18-23(24)30/h11-16,18H,3-10,17H2,1-2H3. The van der Waals surface area contributed by atoms with Gasteiger partial charge in [-0.15, -0.1) is 0 Å². The molecule has 0 atom stereocenters. The molecule has 34 heavy (non-hydrogen) atoms. The summed E-state index contributed by atoms with van der Waals surface area (Å²) in [5.41, 5.74) is 3.23. The number of esters is 1. The lowest BCUT2D eigenvalue weighted by molar-refractivity contribution is 0.0489. The van der Waals surface area contributed by atoms with E-state index in [1.807, 2.05) is 19.1 Å². The van der Waals surface area contributed by atoms with Gasteiger partial charge in [0, 0.05) is 21.2 Å². The predicted octanol–water partition coefficient (Wildman–Crippen LogP) is 9.11. The molecule has 0 aliphatic rings. The zero-order valence-electron chi connectivity index (χ0n) is 19.8. The Balaban J connectivity index is 1.75. The molecule has 7 heteroatoms. The molecule has 0 spiro atoms. The van der Waals surface area contributed by atoms with Crippen molar-refractivity contribution in [1.82, 2.24) is 9.78 Å². The number of nitrogens with zero attached hydrogens (tertiary/aromatic N) is 2. The molecule has 182 valence electrons. The highest BCUT2D eigenvalue weighted by Crippen LogP contribution is 2.33. The third kappa shape index (κ3) is 7.00. The predicted molar refractivity (Wildman–Crippen MR) is 142 cm³/mol. The fourth-order valence-corrected chi connectivity index (χ4v) is 4.55. The number of unbranched alkanes of at least 4 members (excludes halogenated alkanes) is 7. The normalized spacial score (nSPS) is 11.1. The van der Waals surface area contributed by atoms with Crippen LogP contribution in [-0.4, -0.2) is 22.4 Å². The zero-order valence-corrected chi connectivity index (χ0v) is 22.0. The molecule has 3 rings (SSSR count). The molecule has 0 saturated carbocycles. The van der Waals surface area contributed by atoms with Crippen molar-refractivity contribution in [3.63, 3.8) is 0 Å². The Kier molecular flexibility index (Phi) is 10.3. The fourth-order valence-electron chi connectivity index (χ4n) is 3.93. The van der Waals surface area contributed by atoms with Gasteiger partial charge in [0.05, 0.1) is 23.0 Å². The highest BCUT2D eigenvalue weighted by molar-refractivity contribution is 6.35. The quantitative estimate of drug-likeness (QED) is 0.176. The number of carbonyl (C=O) groups is 1. The van der Waals surface area contributed by atoms with Gasteiger partial charge in [0.2, 0.25) is 0 Å². The molecule has 0 N–H and O–H groups in total. The molecule has 0 aliphatic carbocycles. The number of carbonyl (C=O) groups excluding carboxylic acids is 1. The van der Waals surface area contributed by atoms with Crippen molar-refractivity contribution in [3.05, 3.63) is 68.8 Å². The number of hydrogen-bond acceptors (Lipinski definition) is 3. The summed E-state index contributed by atoms with van der Waals surface area (Å²) in [6, 6.07) is 12.6. The van der Waals surface area contributed by atoms with E-state index in [1.54, 1.807) is 35.0 Å². The highest BCUT2D eigenvalue weighted by atomic mass is 35.5. The Hall–Kier alpha value is -2.01. The number of aromatic nitrogens is 2. The molecule has 0 aliphatic heterocycles. The van der Waals surface area contributed by atoms with Gasteiger partial charge in [0.1, 0.15) is 0 Å². The number of hydrogen-bond donors (Lipinski definition) is 0. The van der Waals surface area contributed by atoms with Crippen LogP contribution in [0.2, 0.25) is 15.1 Å². The van der Waals surface area contributed by atoms with E-state index in [4.69, 9.17) is 39.5 Å². The molecule has 0 amide bonds. The first-order valence-electron chi connectivity index (χ1n) is 11.9. The maximum Gasteiger partial charge on any atom is 0.359 e. The second kappa shape index (κ2) is 13.2. The van der Waals surface area contributed by atoms with Crippen molar-refractivity contribution >= 4 is 40.8 Å². The van der Waals surface area contributed by atoms with Crippen LogP contribution in [0.3, 0.4) is 0 Å². The molecule has 0 saturated heterocycles. The minimum absolute atomic E-state index is 0.274. The number of ether oxygens (including phenoxy) is 1. The van der Waals surface area contributed by atoms with Gasteiger partial charge in [-0.3, -0.25) is 0 Å². The van der Waals surface area contributed by atoms with Gasteiger partial charge in [-0.2, -0.15) is 5.10 Å². The van der Waals surface area contributed by atoms with Crippen molar-refractivity contribution in [2.24, 2.45) is 0 Å². The smallest absolute Gasteiger partial charge is 0.359 e. The Morgan fingerprint density at radius 1 is 0.882 bits per heavy atom. The van der Waals surface area contributed by atoms with Gasteiger partial charge in [-0.1, -0.05) is 98.8 Å². The van der Waals surface area contributed by atoms with Gasteiger partial charge in [-0.25, -0.2) is 9.48 Å². The molecule has 0 radical (unpaired) electrons. The van der Waals surface area contributed by atoms with E-state index >= 15 is 0 Å². The van der Waals surface area contributed by atoms with E-state index < -0.39 is 5.97 Å². The molecule has 1 heterocycles. The first-order valence-corrected chi connectivity index (χ1v) is 13.0. The fraction of sp³-hybridized carbons (Fsp3) is 0.407. The minimum Gasteiger partial charge on any atom is -0.461 e. The van der Waals surface area contributed by atoms with Crippen LogP contribution < -0.4 is 0 Å². The van der Waals surface area contributed by atoms with Crippen molar-refractivity contribution in [1.29, 1.82) is 0 Å². The molecule has 0 fully saturated rings. The lowest BCUT2D eigenvalue weighted by Crippen LogP contribution is -2.09. The first-order chi connectivity index (χ1) is 16.4. The third-order valence-electron chi connectivity index (χ3n) is 5.80. The number of halogens is 3. The summed E-state index contributed by atoms with van der Waals surface area (Å²) in [7, 11) is 0. The summed E-state index contributed by atoms with van der Waals surface area (Å²) in [5, 5.41) is 6.19. The van der Waals surface area contributed by atoms with Crippen molar-refractivity contribution < 1.29 is 9.53 Å². The van der Waals surface area contributed by atoms with Crippen LogP contribution in [0.5, 0.6) is 0 Å². The molecule has 0 unspecified atom stereocenters. The van der Waals surface area contributed by atoms with Crippen molar-refractivity contribution in [3.8, 4) is 16.9 Å². The second-order valence-corrected chi connectivity index (χ2v) is 9.73. The SMILES string of the molecule is CCCCCCCCCCOC(=O)c1nn(-c2ccc(Cl)cc2Cl)c(-c2ccc(Cl)cc2)c1C. The van der Waals surface area contributed by atoms with Crippen LogP contribution in [0.1, 0.15) is 74.3 Å². The van der Waals surface area contributed by atoms with Crippen LogP contribution >= 0.6 is 34.8 Å². The molecule has 0 bridgehead atoms. The lowest BCUT2D eigenvalue weighted by atomic mass is 10.1. The molecule has 1 aromatic heterocycles. The summed E-state index contributed by atoms with van der Waals surface area (Å²) in [4.78, 5) is 12.9. The Labute approximate surface area is 217 Å². The van der Waals surface area contributed by atoms with Crippen molar-refractivity contribution in [2.45, 2.75) is 65.2 Å². The van der Waals surface area contributed by atoms with Gasteiger partial charge in [-0.05, 0) is 43.7 Å². The summed E-state index contributed by atoms with van der Waals surface area (Å²) >= 11 is 18.7. The van der Waals surface area contributed by atoms with Gasteiger partial charge < -0.3 is 4.74 Å². The summed E-state index contributed by atoms with van der Waals surface area (Å²) in [6.07, 6.45) is 9.48. The topological polar surface area (TPSA) is 44.1 Å². The third-order valence-corrected chi connectivity index (χ3v) is 6.59. The monoisotopic (exact) mass is 520 g/mol. The molecular formula is C27H31Cl3N2O2. The summed E-state index contributed by atoms with van der Waals surface area (Å²) in [5.74, 6) is -0.431. The van der Waals surface area contributed by atoms with Crippen LogP contribution in [0.4, 0.5) is 0 Å². The first kappa shape index (κ1) is 26.6. The molecular weight excluding hydrogens is 491 g/mol. The maximum atomic E-state index is 12.9. The summed E-state index contributed by atoms with van der Waals surface area (Å²) in [6.45, 7) is 4.48. The van der Waals surface area contributed by atoms with Crippen molar-refractivity contribution in [2.75, 3.05) is 6.61 Å². The average molecular weight is 522 g/mol. The maximum absolute atomic E-state index is 12.9. The van der Waals surface area contributed by atoms with Gasteiger partial charge in [0.15, 0.2) is 5.69 Å². The van der Waals surface area contributed by atoms with Gasteiger partial charge in [0.25, 0.3) is 0 Å². The van der Waals surface area contributed by atoms with E-state index in [9.17, 15) is 4.79 Å². The largest absolute Gasteiger partial charge is 0.461 e. The van der Waals surface area contributed by atoms with Crippen LogP contribution in [0.25, 0.3) is 16.9 Å². The number of benzene rings is 2. The Bertz CT molecular complexity index is 1090. The molecule has 3 aromatic rings.